The summed E-state index contributed by atoms with van der Waals surface area (Å²) in [6.07, 6.45) is 3.49. The summed E-state index contributed by atoms with van der Waals surface area (Å²) >= 11 is 1.74. The van der Waals surface area contributed by atoms with E-state index in [2.05, 4.69) is 33.4 Å². The largest absolute Gasteiger partial charge is 0.336 e. The maximum Gasteiger partial charge on any atom is 0.265 e. The molecule has 3 heterocycles. The summed E-state index contributed by atoms with van der Waals surface area (Å²) in [6.45, 7) is 4.18. The molecule has 1 saturated carbocycles. The molecule has 0 amide bonds. The molecule has 0 aromatic carbocycles. The lowest BCUT2D eigenvalue weighted by Crippen LogP contribution is -2.43. The van der Waals surface area contributed by atoms with Gasteiger partial charge in [-0.1, -0.05) is 5.16 Å². The number of halogens is 1. The number of aryl methyl sites for hydroxylation is 1. The van der Waals surface area contributed by atoms with Crippen LogP contribution in [0.5, 0.6) is 0 Å². The maximum atomic E-state index is 15.3. The quantitative estimate of drug-likeness (QED) is 0.859. The summed E-state index contributed by atoms with van der Waals surface area (Å²) in [6, 6.07) is 2.12. The zero-order chi connectivity index (χ0) is 15.2. The van der Waals surface area contributed by atoms with Gasteiger partial charge in [0.05, 0.1) is 0 Å². The molecule has 0 bridgehead atoms. The van der Waals surface area contributed by atoms with Crippen LogP contribution in [0.1, 0.15) is 53.8 Å². The van der Waals surface area contributed by atoms with Crippen molar-refractivity contribution in [2.45, 2.75) is 50.7 Å². The first-order valence-corrected chi connectivity index (χ1v) is 8.80. The van der Waals surface area contributed by atoms with Gasteiger partial charge in [0, 0.05) is 23.9 Å². The zero-order valence-corrected chi connectivity index (χ0v) is 13.5. The van der Waals surface area contributed by atoms with Gasteiger partial charge < -0.3 is 4.52 Å². The fourth-order valence-corrected chi connectivity index (χ4v) is 4.05. The number of hydrogen-bond acceptors (Lipinski definition) is 5. The fourth-order valence-electron chi connectivity index (χ4n) is 3.10. The van der Waals surface area contributed by atoms with Gasteiger partial charge >= 0.3 is 0 Å². The van der Waals surface area contributed by atoms with Crippen molar-refractivity contribution >= 4 is 11.3 Å². The number of aromatic nitrogens is 2. The second-order valence-corrected chi connectivity index (χ2v) is 7.54. The second-order valence-electron chi connectivity index (χ2n) is 6.54. The van der Waals surface area contributed by atoms with Crippen molar-refractivity contribution in [3.05, 3.63) is 33.6 Å². The highest BCUT2D eigenvalue weighted by Crippen LogP contribution is 2.41. The van der Waals surface area contributed by atoms with Gasteiger partial charge in [0.2, 0.25) is 5.67 Å². The van der Waals surface area contributed by atoms with Crippen LogP contribution in [-0.4, -0.2) is 28.1 Å². The maximum absolute atomic E-state index is 15.3. The van der Waals surface area contributed by atoms with Gasteiger partial charge in [0.25, 0.3) is 5.89 Å². The van der Waals surface area contributed by atoms with E-state index >= 15 is 4.39 Å². The van der Waals surface area contributed by atoms with Crippen LogP contribution in [0.4, 0.5) is 4.39 Å². The molecule has 2 aliphatic rings. The highest BCUT2D eigenvalue weighted by atomic mass is 32.1. The lowest BCUT2D eigenvalue weighted by Gasteiger charge is -2.34. The van der Waals surface area contributed by atoms with E-state index in [0.29, 0.717) is 24.7 Å². The lowest BCUT2D eigenvalue weighted by atomic mass is 9.94. The molecule has 0 N–H and O–H groups in total. The van der Waals surface area contributed by atoms with Crippen LogP contribution in [0.3, 0.4) is 0 Å². The van der Waals surface area contributed by atoms with Crippen LogP contribution >= 0.6 is 11.3 Å². The van der Waals surface area contributed by atoms with Crippen molar-refractivity contribution in [3.8, 4) is 0 Å². The van der Waals surface area contributed by atoms with E-state index in [1.165, 1.54) is 10.4 Å². The van der Waals surface area contributed by atoms with E-state index in [-0.39, 0.29) is 5.89 Å². The molecule has 4 rings (SSSR count). The van der Waals surface area contributed by atoms with Crippen molar-refractivity contribution < 1.29 is 8.91 Å². The monoisotopic (exact) mass is 321 g/mol. The van der Waals surface area contributed by atoms with Crippen molar-refractivity contribution in [1.82, 2.24) is 15.0 Å². The Labute approximate surface area is 133 Å². The molecule has 0 spiro atoms. The van der Waals surface area contributed by atoms with Crippen LogP contribution in [0, 0.1) is 6.92 Å². The molecule has 1 saturated heterocycles. The standard InChI is InChI=1S/C16H20FN3OS/c1-11-5-8-22-13(11)9-20-7-2-6-16(17,10-20)15-18-14(19-21-15)12-3-4-12/h5,8,12H,2-4,6-7,9-10H2,1H3. The summed E-state index contributed by atoms with van der Waals surface area (Å²) in [4.78, 5) is 7.82. The van der Waals surface area contributed by atoms with Crippen LogP contribution < -0.4 is 0 Å². The van der Waals surface area contributed by atoms with E-state index in [1.807, 2.05) is 0 Å². The number of likely N-dealkylation sites (tertiary alicyclic amines) is 1. The lowest BCUT2D eigenvalue weighted by molar-refractivity contribution is 0.0127. The van der Waals surface area contributed by atoms with E-state index in [4.69, 9.17) is 4.52 Å². The van der Waals surface area contributed by atoms with Gasteiger partial charge in [-0.05, 0) is 56.2 Å². The second kappa shape index (κ2) is 5.42. The average Bonchev–Trinajstić information content (AvgIpc) is 3.08. The smallest absolute Gasteiger partial charge is 0.265 e. The first-order valence-electron chi connectivity index (χ1n) is 7.92. The molecule has 0 radical (unpaired) electrons. The van der Waals surface area contributed by atoms with Gasteiger partial charge in [0.1, 0.15) is 0 Å². The number of rotatable bonds is 4. The molecule has 2 aromatic rings. The minimum Gasteiger partial charge on any atom is -0.336 e. The van der Waals surface area contributed by atoms with Gasteiger partial charge in [-0.15, -0.1) is 11.3 Å². The van der Waals surface area contributed by atoms with E-state index in [1.54, 1.807) is 11.3 Å². The Morgan fingerprint density at radius 3 is 3.09 bits per heavy atom. The normalized spacial score (nSPS) is 26.5. The zero-order valence-electron chi connectivity index (χ0n) is 12.7. The van der Waals surface area contributed by atoms with E-state index in [9.17, 15) is 0 Å². The van der Waals surface area contributed by atoms with E-state index < -0.39 is 5.67 Å². The Balaban J connectivity index is 1.49. The third kappa shape index (κ3) is 2.70. The highest BCUT2D eigenvalue weighted by molar-refractivity contribution is 7.10. The number of nitrogens with zero attached hydrogens (tertiary/aromatic N) is 3. The molecule has 1 atom stereocenters. The first-order chi connectivity index (χ1) is 10.6. The topological polar surface area (TPSA) is 42.2 Å². The van der Waals surface area contributed by atoms with Gasteiger partial charge in [-0.25, -0.2) is 4.39 Å². The third-order valence-electron chi connectivity index (χ3n) is 4.62. The molecule has 6 heteroatoms. The highest BCUT2D eigenvalue weighted by Gasteiger charge is 2.43. The summed E-state index contributed by atoms with van der Waals surface area (Å²) in [5.74, 6) is 1.27. The number of thiophene rings is 1. The van der Waals surface area contributed by atoms with Gasteiger partial charge in [-0.3, -0.25) is 4.90 Å². The minimum absolute atomic E-state index is 0.182. The molecule has 22 heavy (non-hydrogen) atoms. The minimum atomic E-state index is -1.50. The third-order valence-corrected chi connectivity index (χ3v) is 5.63. The molecular weight excluding hydrogens is 301 g/mol. The van der Waals surface area contributed by atoms with Gasteiger partial charge in [0.15, 0.2) is 5.82 Å². The van der Waals surface area contributed by atoms with Crippen molar-refractivity contribution in [3.63, 3.8) is 0 Å². The first kappa shape index (κ1) is 14.3. The molecular formula is C16H20FN3OS. The van der Waals surface area contributed by atoms with E-state index in [0.717, 1.165) is 32.4 Å². The predicted molar refractivity (Wildman–Crippen MR) is 82.6 cm³/mol. The molecule has 1 aliphatic heterocycles. The van der Waals surface area contributed by atoms with Gasteiger partial charge in [-0.2, -0.15) is 4.98 Å². The molecule has 2 fully saturated rings. The van der Waals surface area contributed by atoms with Crippen LogP contribution in [0.15, 0.2) is 16.0 Å². The molecule has 4 nitrogen and oxygen atoms in total. The van der Waals surface area contributed by atoms with Crippen LogP contribution in [-0.2, 0) is 12.2 Å². The SMILES string of the molecule is Cc1ccsc1CN1CCCC(F)(c2nc(C3CC3)no2)C1. The Hall–Kier alpha value is -1.27. The summed E-state index contributed by atoms with van der Waals surface area (Å²) in [5.41, 5.74) is -0.211. The van der Waals surface area contributed by atoms with Crippen LogP contribution in [0.25, 0.3) is 0 Å². The Kier molecular flexibility index (Phi) is 3.53. The summed E-state index contributed by atoms with van der Waals surface area (Å²) in [7, 11) is 0. The molecule has 2 aromatic heterocycles. The van der Waals surface area contributed by atoms with Crippen molar-refractivity contribution in [2.24, 2.45) is 0 Å². The fraction of sp³-hybridized carbons (Fsp3) is 0.625. The number of hydrogen-bond donors (Lipinski definition) is 0. The number of alkyl halides is 1. The number of piperidine rings is 1. The predicted octanol–water partition coefficient (Wildman–Crippen LogP) is 3.78. The Morgan fingerprint density at radius 2 is 2.36 bits per heavy atom. The summed E-state index contributed by atoms with van der Waals surface area (Å²) < 4.78 is 20.6. The molecule has 118 valence electrons. The molecule has 1 aliphatic carbocycles. The van der Waals surface area contributed by atoms with Crippen molar-refractivity contribution in [2.75, 3.05) is 13.1 Å². The van der Waals surface area contributed by atoms with Crippen LogP contribution in [0.2, 0.25) is 0 Å². The average molecular weight is 321 g/mol. The Morgan fingerprint density at radius 1 is 1.50 bits per heavy atom. The van der Waals surface area contributed by atoms with Crippen molar-refractivity contribution in [1.29, 1.82) is 0 Å². The summed E-state index contributed by atoms with van der Waals surface area (Å²) in [5, 5.41) is 6.07. The molecule has 1 unspecified atom stereocenters. The Bertz CT molecular complexity index is 666.